The summed E-state index contributed by atoms with van der Waals surface area (Å²) in [6, 6.07) is 13.1. The summed E-state index contributed by atoms with van der Waals surface area (Å²) >= 11 is 0. The predicted molar refractivity (Wildman–Crippen MR) is 123 cm³/mol. The van der Waals surface area contributed by atoms with Crippen LogP contribution in [-0.4, -0.2) is 45.5 Å². The lowest BCUT2D eigenvalue weighted by molar-refractivity contribution is -0.130. The Morgan fingerprint density at radius 1 is 1.22 bits per heavy atom. The second-order valence-corrected chi connectivity index (χ2v) is 8.28. The first-order valence-corrected chi connectivity index (χ1v) is 11.0. The van der Waals surface area contributed by atoms with Gasteiger partial charge in [-0.05, 0) is 50.5 Å². The third-order valence-electron chi connectivity index (χ3n) is 5.75. The molecule has 1 aliphatic rings. The molecule has 1 saturated heterocycles. The van der Waals surface area contributed by atoms with Crippen molar-refractivity contribution in [3.63, 3.8) is 0 Å². The van der Waals surface area contributed by atoms with Crippen molar-refractivity contribution in [1.82, 2.24) is 19.9 Å². The highest BCUT2D eigenvalue weighted by molar-refractivity contribution is 5.76. The summed E-state index contributed by atoms with van der Waals surface area (Å²) in [5, 5.41) is 0. The molecule has 1 aliphatic heterocycles. The molecule has 0 saturated carbocycles. The second-order valence-electron chi connectivity index (χ2n) is 8.28. The van der Waals surface area contributed by atoms with Gasteiger partial charge < -0.3 is 14.6 Å². The van der Waals surface area contributed by atoms with Crippen LogP contribution in [0.15, 0.2) is 53.5 Å². The molecular weight excluding hydrogens is 404 g/mol. The van der Waals surface area contributed by atoms with Crippen molar-refractivity contribution in [3.05, 3.63) is 75.8 Å². The van der Waals surface area contributed by atoms with Crippen molar-refractivity contribution in [2.75, 3.05) is 19.7 Å². The SMILES string of the molecule is Cc1ccc(OCCCC(=O)N2CC[C@H](c3cc(=O)[nH]c(-c4ccccn4)n3)C2)c(C)c1. The number of aromatic nitrogens is 3. The molecule has 1 fully saturated rings. The minimum Gasteiger partial charge on any atom is -0.493 e. The number of H-pyrrole nitrogens is 1. The highest BCUT2D eigenvalue weighted by Crippen LogP contribution is 2.27. The van der Waals surface area contributed by atoms with Gasteiger partial charge in [-0.25, -0.2) is 4.98 Å². The van der Waals surface area contributed by atoms with Gasteiger partial charge in [-0.3, -0.25) is 14.6 Å². The molecule has 0 bridgehead atoms. The number of aromatic amines is 1. The number of benzene rings is 1. The summed E-state index contributed by atoms with van der Waals surface area (Å²) in [5.41, 5.74) is 3.44. The summed E-state index contributed by atoms with van der Waals surface area (Å²) in [6.45, 7) is 5.85. The largest absolute Gasteiger partial charge is 0.493 e. The van der Waals surface area contributed by atoms with Gasteiger partial charge in [0.2, 0.25) is 5.91 Å². The number of likely N-dealkylation sites (tertiary alicyclic amines) is 1. The fourth-order valence-electron chi connectivity index (χ4n) is 4.06. The van der Waals surface area contributed by atoms with Crippen molar-refractivity contribution < 1.29 is 9.53 Å². The Bertz CT molecular complexity index is 1140. The lowest BCUT2D eigenvalue weighted by Crippen LogP contribution is -2.28. The van der Waals surface area contributed by atoms with Crippen LogP contribution in [0, 0.1) is 13.8 Å². The lowest BCUT2D eigenvalue weighted by atomic mass is 10.0. The number of nitrogens with zero attached hydrogens (tertiary/aromatic N) is 3. The fraction of sp³-hybridized carbons (Fsp3) is 0.360. The van der Waals surface area contributed by atoms with E-state index in [2.05, 4.69) is 27.9 Å². The van der Waals surface area contributed by atoms with Gasteiger partial charge in [0.15, 0.2) is 5.82 Å². The van der Waals surface area contributed by atoms with Crippen LogP contribution >= 0.6 is 0 Å². The summed E-state index contributed by atoms with van der Waals surface area (Å²) in [4.78, 5) is 38.4. The van der Waals surface area contributed by atoms with Gasteiger partial charge in [-0.15, -0.1) is 0 Å². The quantitative estimate of drug-likeness (QED) is 0.576. The zero-order valence-corrected chi connectivity index (χ0v) is 18.5. The lowest BCUT2D eigenvalue weighted by Gasteiger charge is -2.17. The molecule has 3 aromatic rings. The number of carbonyl (C=O) groups excluding carboxylic acids is 1. The minimum absolute atomic E-state index is 0.0511. The molecule has 1 atom stereocenters. The van der Waals surface area contributed by atoms with Crippen molar-refractivity contribution in [3.8, 4) is 17.3 Å². The molecule has 1 aromatic carbocycles. The van der Waals surface area contributed by atoms with Gasteiger partial charge in [0, 0.05) is 37.7 Å². The van der Waals surface area contributed by atoms with E-state index in [0.717, 1.165) is 17.7 Å². The number of amides is 1. The molecule has 32 heavy (non-hydrogen) atoms. The van der Waals surface area contributed by atoms with Crippen molar-refractivity contribution in [1.29, 1.82) is 0 Å². The Balaban J connectivity index is 1.31. The Morgan fingerprint density at radius 2 is 2.09 bits per heavy atom. The van der Waals surface area contributed by atoms with Crippen LogP contribution in [0.1, 0.15) is 42.0 Å². The molecule has 0 unspecified atom stereocenters. The first kappa shape index (κ1) is 21.7. The average molecular weight is 433 g/mol. The first-order chi connectivity index (χ1) is 15.5. The molecule has 166 valence electrons. The molecule has 7 nitrogen and oxygen atoms in total. The zero-order chi connectivity index (χ0) is 22.5. The van der Waals surface area contributed by atoms with Gasteiger partial charge in [0.1, 0.15) is 11.4 Å². The number of carbonyl (C=O) groups is 1. The van der Waals surface area contributed by atoms with E-state index in [-0.39, 0.29) is 17.4 Å². The van der Waals surface area contributed by atoms with Crippen molar-refractivity contribution in [2.24, 2.45) is 0 Å². The van der Waals surface area contributed by atoms with Crippen LogP contribution < -0.4 is 10.3 Å². The maximum atomic E-state index is 12.7. The molecular formula is C25H28N4O3. The fourth-order valence-corrected chi connectivity index (χ4v) is 4.06. The standard InChI is InChI=1S/C25H28N4O3/c1-17-8-9-22(18(2)14-17)32-13-5-7-24(31)29-12-10-19(16-29)21-15-23(30)28-25(27-21)20-6-3-4-11-26-20/h3-4,6,8-9,11,14-15,19H,5,7,10,12-13,16H2,1-2H3,(H,27,28,30)/t19-/m0/s1. The highest BCUT2D eigenvalue weighted by Gasteiger charge is 2.28. The summed E-state index contributed by atoms with van der Waals surface area (Å²) in [6.07, 6.45) is 3.57. The third kappa shape index (κ3) is 5.22. The highest BCUT2D eigenvalue weighted by atomic mass is 16.5. The molecule has 1 N–H and O–H groups in total. The third-order valence-corrected chi connectivity index (χ3v) is 5.75. The molecule has 2 aromatic heterocycles. The molecule has 0 aliphatic carbocycles. The normalized spacial score (nSPS) is 15.7. The van der Waals surface area contributed by atoms with E-state index in [9.17, 15) is 9.59 Å². The van der Waals surface area contributed by atoms with E-state index < -0.39 is 0 Å². The molecule has 0 radical (unpaired) electrons. The number of pyridine rings is 1. The summed E-state index contributed by atoms with van der Waals surface area (Å²) < 4.78 is 5.84. The van der Waals surface area contributed by atoms with Crippen molar-refractivity contribution >= 4 is 5.91 Å². The number of rotatable bonds is 7. The van der Waals surface area contributed by atoms with Gasteiger partial charge in [0.05, 0.1) is 12.3 Å². The van der Waals surface area contributed by atoms with E-state index in [1.165, 1.54) is 11.6 Å². The summed E-state index contributed by atoms with van der Waals surface area (Å²) in [7, 11) is 0. The van der Waals surface area contributed by atoms with Crippen LogP contribution in [0.3, 0.4) is 0 Å². The Morgan fingerprint density at radius 3 is 2.88 bits per heavy atom. The smallest absolute Gasteiger partial charge is 0.251 e. The molecule has 1 amide bonds. The van der Waals surface area contributed by atoms with Gasteiger partial charge >= 0.3 is 0 Å². The van der Waals surface area contributed by atoms with E-state index in [0.29, 0.717) is 49.8 Å². The zero-order valence-electron chi connectivity index (χ0n) is 18.5. The van der Waals surface area contributed by atoms with Gasteiger partial charge in [0.25, 0.3) is 5.56 Å². The maximum absolute atomic E-state index is 12.7. The number of hydrogen-bond acceptors (Lipinski definition) is 5. The number of aryl methyl sites for hydroxylation is 2. The number of nitrogens with one attached hydrogen (secondary N) is 1. The van der Waals surface area contributed by atoms with E-state index in [1.54, 1.807) is 6.20 Å². The Kier molecular flexibility index (Phi) is 6.63. The summed E-state index contributed by atoms with van der Waals surface area (Å²) in [5.74, 6) is 1.50. The van der Waals surface area contributed by atoms with Crippen LogP contribution in [0.5, 0.6) is 5.75 Å². The molecule has 3 heterocycles. The van der Waals surface area contributed by atoms with Crippen LogP contribution in [0.2, 0.25) is 0 Å². The maximum Gasteiger partial charge on any atom is 0.251 e. The predicted octanol–water partition coefficient (Wildman–Crippen LogP) is 3.62. The monoisotopic (exact) mass is 432 g/mol. The molecule has 0 spiro atoms. The Hall–Kier alpha value is -3.48. The van der Waals surface area contributed by atoms with E-state index in [1.807, 2.05) is 42.2 Å². The van der Waals surface area contributed by atoms with Gasteiger partial charge in [-0.2, -0.15) is 0 Å². The van der Waals surface area contributed by atoms with E-state index >= 15 is 0 Å². The Labute approximate surface area is 187 Å². The molecule has 7 heteroatoms. The van der Waals surface area contributed by atoms with Crippen molar-refractivity contribution in [2.45, 2.75) is 39.0 Å². The number of ether oxygens (including phenoxy) is 1. The number of hydrogen-bond donors (Lipinski definition) is 1. The second kappa shape index (κ2) is 9.77. The first-order valence-electron chi connectivity index (χ1n) is 11.0. The van der Waals surface area contributed by atoms with E-state index in [4.69, 9.17) is 4.74 Å². The van der Waals surface area contributed by atoms with Crippen LogP contribution in [-0.2, 0) is 4.79 Å². The average Bonchev–Trinajstić information content (AvgIpc) is 3.28. The van der Waals surface area contributed by atoms with Crippen LogP contribution in [0.25, 0.3) is 11.5 Å². The molecule has 4 rings (SSSR count). The van der Waals surface area contributed by atoms with Crippen LogP contribution in [0.4, 0.5) is 0 Å². The van der Waals surface area contributed by atoms with Gasteiger partial charge in [-0.1, -0.05) is 23.8 Å². The minimum atomic E-state index is -0.205. The topological polar surface area (TPSA) is 88.2 Å².